The van der Waals surface area contributed by atoms with Crippen LogP contribution in [0.15, 0.2) is 11.4 Å². The Hall–Kier alpha value is -0.910. The first-order chi connectivity index (χ1) is 7.52. The van der Waals surface area contributed by atoms with Crippen LogP contribution in [0, 0.1) is 5.92 Å². The summed E-state index contributed by atoms with van der Waals surface area (Å²) < 4.78 is 0. The number of hydrogen-bond donors (Lipinski definition) is 3. The maximum Gasteiger partial charge on any atom is 0.346 e. The van der Waals surface area contributed by atoms with Crippen molar-refractivity contribution < 1.29 is 15.0 Å². The maximum atomic E-state index is 10.8. The fourth-order valence-corrected chi connectivity index (χ4v) is 2.01. The molecule has 0 amide bonds. The molecule has 0 saturated carbocycles. The molecule has 0 spiro atoms. The smallest absolute Gasteiger partial charge is 0.346 e. The number of carboxylic acids is 1. The molecule has 1 atom stereocenters. The van der Waals surface area contributed by atoms with E-state index in [4.69, 9.17) is 5.11 Å². The molecule has 0 aliphatic heterocycles. The van der Waals surface area contributed by atoms with Gasteiger partial charge in [-0.3, -0.25) is 0 Å². The SMILES string of the molecule is CC(C)C(O)CNCc1ccsc1C(=O)O. The van der Waals surface area contributed by atoms with Crippen molar-refractivity contribution >= 4 is 17.3 Å². The zero-order valence-electron chi connectivity index (χ0n) is 9.43. The molecule has 1 aromatic heterocycles. The van der Waals surface area contributed by atoms with Gasteiger partial charge in [0.2, 0.25) is 0 Å². The summed E-state index contributed by atoms with van der Waals surface area (Å²) in [6.45, 7) is 4.85. The number of rotatable bonds is 6. The molecule has 16 heavy (non-hydrogen) atoms. The standard InChI is InChI=1S/C11H17NO3S/c1-7(2)9(13)6-12-5-8-3-4-16-10(8)11(14)15/h3-4,7,9,12-13H,5-6H2,1-2H3,(H,14,15). The van der Waals surface area contributed by atoms with E-state index < -0.39 is 12.1 Å². The Labute approximate surface area is 98.9 Å². The van der Waals surface area contributed by atoms with E-state index in [2.05, 4.69) is 5.32 Å². The summed E-state index contributed by atoms with van der Waals surface area (Å²) in [4.78, 5) is 11.2. The number of aliphatic hydroxyl groups is 1. The molecule has 90 valence electrons. The number of carbonyl (C=O) groups is 1. The van der Waals surface area contributed by atoms with Crippen LogP contribution in [-0.2, 0) is 6.54 Å². The van der Waals surface area contributed by atoms with Gasteiger partial charge in [-0.1, -0.05) is 13.8 Å². The third-order valence-electron chi connectivity index (χ3n) is 2.38. The van der Waals surface area contributed by atoms with Crippen LogP contribution in [0.1, 0.15) is 29.1 Å². The average molecular weight is 243 g/mol. The van der Waals surface area contributed by atoms with E-state index >= 15 is 0 Å². The van der Waals surface area contributed by atoms with Gasteiger partial charge in [0.25, 0.3) is 0 Å². The molecule has 0 aliphatic rings. The predicted octanol–water partition coefficient (Wildman–Crippen LogP) is 1.55. The van der Waals surface area contributed by atoms with Crippen molar-refractivity contribution in [3.63, 3.8) is 0 Å². The second kappa shape index (κ2) is 5.98. The zero-order valence-corrected chi connectivity index (χ0v) is 10.3. The molecular formula is C11H17NO3S. The molecule has 0 aromatic carbocycles. The van der Waals surface area contributed by atoms with Crippen LogP contribution in [0.2, 0.25) is 0 Å². The quantitative estimate of drug-likeness (QED) is 0.709. The second-order valence-electron chi connectivity index (χ2n) is 4.02. The highest BCUT2D eigenvalue weighted by atomic mass is 32.1. The summed E-state index contributed by atoms with van der Waals surface area (Å²) in [5, 5.41) is 23.3. The van der Waals surface area contributed by atoms with E-state index in [-0.39, 0.29) is 5.92 Å². The highest BCUT2D eigenvalue weighted by Crippen LogP contribution is 2.16. The van der Waals surface area contributed by atoms with Crippen molar-refractivity contribution in [3.8, 4) is 0 Å². The minimum atomic E-state index is -0.892. The Morgan fingerprint density at radius 3 is 2.81 bits per heavy atom. The Morgan fingerprint density at radius 1 is 1.56 bits per heavy atom. The maximum absolute atomic E-state index is 10.8. The van der Waals surface area contributed by atoms with E-state index in [1.807, 2.05) is 13.8 Å². The first-order valence-electron chi connectivity index (χ1n) is 5.20. The van der Waals surface area contributed by atoms with Crippen molar-refractivity contribution in [2.24, 2.45) is 5.92 Å². The van der Waals surface area contributed by atoms with Crippen molar-refractivity contribution in [2.75, 3.05) is 6.54 Å². The average Bonchev–Trinajstić information content (AvgIpc) is 2.65. The van der Waals surface area contributed by atoms with Crippen LogP contribution in [-0.4, -0.2) is 28.8 Å². The normalized spacial score (nSPS) is 13.0. The number of aromatic carboxylic acids is 1. The monoisotopic (exact) mass is 243 g/mol. The molecule has 0 fully saturated rings. The summed E-state index contributed by atoms with van der Waals surface area (Å²) in [5.41, 5.74) is 0.772. The van der Waals surface area contributed by atoms with Crippen LogP contribution >= 0.6 is 11.3 Å². The molecule has 3 N–H and O–H groups in total. The molecule has 1 aromatic rings. The second-order valence-corrected chi connectivity index (χ2v) is 4.94. The molecule has 0 radical (unpaired) electrons. The Morgan fingerprint density at radius 2 is 2.25 bits per heavy atom. The van der Waals surface area contributed by atoms with Gasteiger partial charge in [0, 0.05) is 13.1 Å². The van der Waals surface area contributed by atoms with Gasteiger partial charge in [0.05, 0.1) is 6.10 Å². The molecule has 1 heterocycles. The van der Waals surface area contributed by atoms with Crippen LogP contribution in [0.3, 0.4) is 0 Å². The zero-order chi connectivity index (χ0) is 12.1. The van der Waals surface area contributed by atoms with E-state index in [0.29, 0.717) is 18.0 Å². The molecular weight excluding hydrogens is 226 g/mol. The van der Waals surface area contributed by atoms with Gasteiger partial charge in [-0.15, -0.1) is 11.3 Å². The lowest BCUT2D eigenvalue weighted by Crippen LogP contribution is -2.30. The van der Waals surface area contributed by atoms with E-state index in [1.165, 1.54) is 11.3 Å². The van der Waals surface area contributed by atoms with Crippen molar-refractivity contribution in [2.45, 2.75) is 26.5 Å². The van der Waals surface area contributed by atoms with E-state index in [9.17, 15) is 9.90 Å². The number of carboxylic acid groups (broad SMARTS) is 1. The summed E-state index contributed by atoms with van der Waals surface area (Å²) in [6.07, 6.45) is -0.396. The van der Waals surface area contributed by atoms with Crippen LogP contribution in [0.5, 0.6) is 0 Å². The van der Waals surface area contributed by atoms with Crippen molar-refractivity contribution in [3.05, 3.63) is 21.9 Å². The first-order valence-corrected chi connectivity index (χ1v) is 6.08. The molecule has 1 unspecified atom stereocenters. The summed E-state index contributed by atoms with van der Waals surface area (Å²) in [5.74, 6) is -0.690. The molecule has 1 rings (SSSR count). The topological polar surface area (TPSA) is 69.6 Å². The van der Waals surface area contributed by atoms with Crippen LogP contribution < -0.4 is 5.32 Å². The van der Waals surface area contributed by atoms with Gasteiger partial charge in [-0.05, 0) is 22.9 Å². The number of nitrogens with one attached hydrogen (secondary N) is 1. The molecule has 5 heteroatoms. The first kappa shape index (κ1) is 13.2. The summed E-state index contributed by atoms with van der Waals surface area (Å²) >= 11 is 1.22. The Bertz CT molecular complexity index is 349. The van der Waals surface area contributed by atoms with Gasteiger partial charge >= 0.3 is 5.97 Å². The fraction of sp³-hybridized carbons (Fsp3) is 0.545. The van der Waals surface area contributed by atoms with Gasteiger partial charge in [-0.2, -0.15) is 0 Å². The largest absolute Gasteiger partial charge is 0.477 e. The number of aliphatic hydroxyl groups excluding tert-OH is 1. The summed E-state index contributed by atoms with van der Waals surface area (Å²) in [6, 6.07) is 1.79. The van der Waals surface area contributed by atoms with Gasteiger partial charge < -0.3 is 15.5 Å². The number of hydrogen-bond acceptors (Lipinski definition) is 4. The molecule has 0 aliphatic carbocycles. The highest BCUT2D eigenvalue weighted by molar-refractivity contribution is 7.12. The van der Waals surface area contributed by atoms with Crippen LogP contribution in [0.4, 0.5) is 0 Å². The van der Waals surface area contributed by atoms with Gasteiger partial charge in [0.1, 0.15) is 4.88 Å². The van der Waals surface area contributed by atoms with Gasteiger partial charge in [-0.25, -0.2) is 4.79 Å². The lowest BCUT2D eigenvalue weighted by atomic mass is 10.1. The lowest BCUT2D eigenvalue weighted by Gasteiger charge is -2.14. The molecule has 4 nitrogen and oxygen atoms in total. The lowest BCUT2D eigenvalue weighted by molar-refractivity contribution is 0.0701. The molecule has 0 bridgehead atoms. The van der Waals surface area contributed by atoms with E-state index in [1.54, 1.807) is 11.4 Å². The van der Waals surface area contributed by atoms with Crippen LogP contribution in [0.25, 0.3) is 0 Å². The highest BCUT2D eigenvalue weighted by Gasteiger charge is 2.12. The third-order valence-corrected chi connectivity index (χ3v) is 3.32. The summed E-state index contributed by atoms with van der Waals surface area (Å²) in [7, 11) is 0. The third kappa shape index (κ3) is 3.59. The number of thiophene rings is 1. The van der Waals surface area contributed by atoms with Gasteiger partial charge in [0.15, 0.2) is 0 Å². The van der Waals surface area contributed by atoms with Crippen molar-refractivity contribution in [1.82, 2.24) is 5.32 Å². The Kier molecular flexibility index (Phi) is 4.92. The fourth-order valence-electron chi connectivity index (χ4n) is 1.25. The van der Waals surface area contributed by atoms with E-state index in [0.717, 1.165) is 5.56 Å². The predicted molar refractivity (Wildman–Crippen MR) is 63.8 cm³/mol. The van der Waals surface area contributed by atoms with Crippen molar-refractivity contribution in [1.29, 1.82) is 0 Å². The molecule has 0 saturated heterocycles. The minimum Gasteiger partial charge on any atom is -0.477 e. The minimum absolute atomic E-state index is 0.203. The Balaban J connectivity index is 2.43.